The van der Waals surface area contributed by atoms with E-state index in [0.717, 1.165) is 37.4 Å². The maximum atomic E-state index is 12.3. The fourth-order valence-corrected chi connectivity index (χ4v) is 3.83. The lowest BCUT2D eigenvalue weighted by Crippen LogP contribution is -2.30. The predicted molar refractivity (Wildman–Crippen MR) is 83.4 cm³/mol. The number of fused-ring (bicyclic) bond motifs is 1. The average Bonchev–Trinajstić information content (AvgIpc) is 3.04. The topological polar surface area (TPSA) is 29.5 Å². The molecule has 1 saturated carbocycles. The summed E-state index contributed by atoms with van der Waals surface area (Å²) in [5.41, 5.74) is 1.17. The first kappa shape index (κ1) is 14.9. The number of carbonyl (C=O) groups excluding carboxylic acids is 1. The van der Waals surface area contributed by atoms with Crippen LogP contribution in [0.1, 0.15) is 24.8 Å². The van der Waals surface area contributed by atoms with Gasteiger partial charge in [0.05, 0.1) is 6.10 Å². The van der Waals surface area contributed by atoms with Crippen molar-refractivity contribution in [1.29, 1.82) is 0 Å². The lowest BCUT2D eigenvalue weighted by molar-refractivity contribution is -0.130. The van der Waals surface area contributed by atoms with Crippen molar-refractivity contribution in [3.63, 3.8) is 0 Å². The zero-order valence-corrected chi connectivity index (χ0v) is 13.2. The van der Waals surface area contributed by atoms with Gasteiger partial charge in [0.1, 0.15) is 0 Å². The van der Waals surface area contributed by atoms with Gasteiger partial charge in [0.2, 0.25) is 5.91 Å². The second-order valence-electron chi connectivity index (χ2n) is 6.27. The zero-order valence-electron chi connectivity index (χ0n) is 12.4. The molecule has 0 aromatic heterocycles. The van der Waals surface area contributed by atoms with E-state index in [1.54, 1.807) is 7.11 Å². The highest BCUT2D eigenvalue weighted by molar-refractivity contribution is 6.30. The number of hydrogen-bond donors (Lipinski definition) is 0. The molecular formula is C17H22ClNO2. The molecule has 1 aromatic carbocycles. The first-order chi connectivity index (χ1) is 10.2. The SMILES string of the molecule is COC1C[C@@H]2CN(C(=O)CCc3ccc(Cl)cc3)C[C@@H]2C1. The minimum Gasteiger partial charge on any atom is -0.381 e. The number of methoxy groups -OCH3 is 1. The summed E-state index contributed by atoms with van der Waals surface area (Å²) in [4.78, 5) is 14.4. The Morgan fingerprint density at radius 3 is 2.43 bits per heavy atom. The Hall–Kier alpha value is -1.06. The van der Waals surface area contributed by atoms with Crippen molar-refractivity contribution < 1.29 is 9.53 Å². The molecule has 0 radical (unpaired) electrons. The molecule has 3 atom stereocenters. The third-order valence-electron chi connectivity index (χ3n) is 4.93. The second kappa shape index (κ2) is 6.37. The van der Waals surface area contributed by atoms with Gasteiger partial charge >= 0.3 is 0 Å². The molecule has 2 fully saturated rings. The smallest absolute Gasteiger partial charge is 0.222 e. The van der Waals surface area contributed by atoms with Gasteiger partial charge in [-0.2, -0.15) is 0 Å². The maximum Gasteiger partial charge on any atom is 0.222 e. The molecule has 0 bridgehead atoms. The Bertz CT molecular complexity index is 488. The lowest BCUT2D eigenvalue weighted by Gasteiger charge is -2.19. The molecule has 3 nitrogen and oxygen atoms in total. The van der Waals surface area contributed by atoms with Crippen molar-refractivity contribution in [2.45, 2.75) is 31.8 Å². The largest absolute Gasteiger partial charge is 0.381 e. The summed E-state index contributed by atoms with van der Waals surface area (Å²) in [7, 11) is 1.79. The van der Waals surface area contributed by atoms with Crippen LogP contribution in [0, 0.1) is 11.8 Å². The lowest BCUT2D eigenvalue weighted by atomic mass is 10.0. The van der Waals surface area contributed by atoms with Crippen LogP contribution in [0.25, 0.3) is 0 Å². The van der Waals surface area contributed by atoms with E-state index in [1.165, 1.54) is 5.56 Å². The van der Waals surface area contributed by atoms with Crippen molar-refractivity contribution in [2.24, 2.45) is 11.8 Å². The monoisotopic (exact) mass is 307 g/mol. The molecule has 1 aliphatic carbocycles. The summed E-state index contributed by atoms with van der Waals surface area (Å²) >= 11 is 5.87. The highest BCUT2D eigenvalue weighted by atomic mass is 35.5. The summed E-state index contributed by atoms with van der Waals surface area (Å²) in [6.45, 7) is 1.84. The van der Waals surface area contributed by atoms with Crippen molar-refractivity contribution in [3.05, 3.63) is 34.9 Å². The van der Waals surface area contributed by atoms with E-state index in [2.05, 4.69) is 4.90 Å². The minimum absolute atomic E-state index is 0.285. The van der Waals surface area contributed by atoms with Crippen LogP contribution in [0.5, 0.6) is 0 Å². The van der Waals surface area contributed by atoms with Gasteiger partial charge in [-0.25, -0.2) is 0 Å². The fourth-order valence-electron chi connectivity index (χ4n) is 3.70. The molecule has 0 spiro atoms. The molecule has 1 unspecified atom stereocenters. The molecule has 4 heteroatoms. The zero-order chi connectivity index (χ0) is 14.8. The molecule has 1 saturated heterocycles. The van der Waals surface area contributed by atoms with E-state index < -0.39 is 0 Å². The van der Waals surface area contributed by atoms with Gasteiger partial charge in [-0.1, -0.05) is 23.7 Å². The van der Waals surface area contributed by atoms with Crippen LogP contribution in [-0.4, -0.2) is 37.1 Å². The summed E-state index contributed by atoms with van der Waals surface area (Å²) in [6.07, 6.45) is 4.02. The minimum atomic E-state index is 0.285. The number of likely N-dealkylation sites (tertiary alicyclic amines) is 1. The third-order valence-corrected chi connectivity index (χ3v) is 5.19. The van der Waals surface area contributed by atoms with E-state index in [-0.39, 0.29) is 5.91 Å². The van der Waals surface area contributed by atoms with Gasteiger partial charge in [-0.15, -0.1) is 0 Å². The van der Waals surface area contributed by atoms with E-state index in [9.17, 15) is 4.79 Å². The standard InChI is InChI=1S/C17H22ClNO2/c1-21-16-8-13-10-19(11-14(13)9-16)17(20)7-4-12-2-5-15(18)6-3-12/h2-3,5-6,13-14,16H,4,7-11H2,1H3/t13-,14+,16?. The van der Waals surface area contributed by atoms with Crippen molar-refractivity contribution in [2.75, 3.05) is 20.2 Å². The Balaban J connectivity index is 1.48. The number of halogens is 1. The first-order valence-electron chi connectivity index (χ1n) is 7.70. The number of amides is 1. The van der Waals surface area contributed by atoms with Gasteiger partial charge in [0.25, 0.3) is 0 Å². The Morgan fingerprint density at radius 1 is 1.24 bits per heavy atom. The number of benzene rings is 1. The molecule has 2 aliphatic rings. The van der Waals surface area contributed by atoms with E-state index in [4.69, 9.17) is 16.3 Å². The summed E-state index contributed by atoms with van der Waals surface area (Å²) in [5, 5.41) is 0.741. The molecule has 3 rings (SSSR count). The Kier molecular flexibility index (Phi) is 4.51. The Labute approximate surface area is 131 Å². The number of carbonyl (C=O) groups is 1. The van der Waals surface area contributed by atoms with Crippen molar-refractivity contribution in [3.8, 4) is 0 Å². The first-order valence-corrected chi connectivity index (χ1v) is 8.08. The van der Waals surface area contributed by atoms with Crippen LogP contribution < -0.4 is 0 Å². The molecule has 1 aliphatic heterocycles. The molecule has 114 valence electrons. The van der Waals surface area contributed by atoms with Crippen LogP contribution in [0.3, 0.4) is 0 Å². The summed E-state index contributed by atoms with van der Waals surface area (Å²) in [6, 6.07) is 7.76. The number of nitrogens with zero attached hydrogens (tertiary/aromatic N) is 1. The van der Waals surface area contributed by atoms with E-state index in [0.29, 0.717) is 24.4 Å². The molecule has 1 amide bonds. The van der Waals surface area contributed by atoms with Gasteiger partial charge in [0, 0.05) is 31.6 Å². The highest BCUT2D eigenvalue weighted by Gasteiger charge is 2.42. The van der Waals surface area contributed by atoms with Crippen molar-refractivity contribution in [1.82, 2.24) is 4.90 Å². The van der Waals surface area contributed by atoms with Gasteiger partial charge < -0.3 is 9.64 Å². The van der Waals surface area contributed by atoms with Crippen molar-refractivity contribution >= 4 is 17.5 Å². The molecule has 0 N–H and O–H groups in total. The molecular weight excluding hydrogens is 286 g/mol. The van der Waals surface area contributed by atoms with Crippen LogP contribution in [0.4, 0.5) is 0 Å². The summed E-state index contributed by atoms with van der Waals surface area (Å²) in [5.74, 6) is 1.58. The highest BCUT2D eigenvalue weighted by Crippen LogP contribution is 2.39. The predicted octanol–water partition coefficient (Wildman–Crippen LogP) is 3.16. The maximum absolute atomic E-state index is 12.3. The fraction of sp³-hybridized carbons (Fsp3) is 0.588. The number of hydrogen-bond acceptors (Lipinski definition) is 2. The number of ether oxygens (including phenoxy) is 1. The normalized spacial score (nSPS) is 27.9. The number of rotatable bonds is 4. The van der Waals surface area contributed by atoms with Gasteiger partial charge in [-0.3, -0.25) is 4.79 Å². The summed E-state index contributed by atoms with van der Waals surface area (Å²) < 4.78 is 5.44. The van der Waals surface area contributed by atoms with Crippen LogP contribution in [0.2, 0.25) is 5.02 Å². The quantitative estimate of drug-likeness (QED) is 0.855. The van der Waals surface area contributed by atoms with Crippen LogP contribution in [-0.2, 0) is 16.0 Å². The average molecular weight is 308 g/mol. The Morgan fingerprint density at radius 2 is 1.86 bits per heavy atom. The molecule has 1 heterocycles. The third kappa shape index (κ3) is 3.41. The second-order valence-corrected chi connectivity index (χ2v) is 6.71. The number of aryl methyl sites for hydroxylation is 1. The van der Waals surface area contributed by atoms with Gasteiger partial charge in [0.15, 0.2) is 0 Å². The van der Waals surface area contributed by atoms with E-state index in [1.807, 2.05) is 24.3 Å². The molecule has 21 heavy (non-hydrogen) atoms. The van der Waals surface area contributed by atoms with Crippen LogP contribution in [0.15, 0.2) is 24.3 Å². The van der Waals surface area contributed by atoms with E-state index >= 15 is 0 Å². The molecule has 1 aromatic rings. The van der Waals surface area contributed by atoms with Crippen LogP contribution >= 0.6 is 11.6 Å². The van der Waals surface area contributed by atoms with Gasteiger partial charge in [-0.05, 0) is 48.8 Å².